The molecule has 1 aromatic carbocycles. The summed E-state index contributed by atoms with van der Waals surface area (Å²) in [5.74, 6) is 3.23. The summed E-state index contributed by atoms with van der Waals surface area (Å²) in [6.07, 6.45) is 11.6. The second kappa shape index (κ2) is 6.92. The lowest BCUT2D eigenvalue weighted by Gasteiger charge is -2.55. The van der Waals surface area contributed by atoms with Crippen LogP contribution in [0.25, 0.3) is 0 Å². The van der Waals surface area contributed by atoms with Crippen LogP contribution >= 0.6 is 0 Å². The highest BCUT2D eigenvalue weighted by atomic mass is 16.4. The Labute approximate surface area is 162 Å². The van der Waals surface area contributed by atoms with E-state index in [9.17, 15) is 9.90 Å². The Morgan fingerprint density at radius 3 is 2.11 bits per heavy atom. The van der Waals surface area contributed by atoms with Gasteiger partial charge < -0.3 is 10.4 Å². The van der Waals surface area contributed by atoms with Crippen LogP contribution < -0.4 is 5.32 Å². The zero-order valence-electron chi connectivity index (χ0n) is 16.3. The van der Waals surface area contributed by atoms with Gasteiger partial charge in [-0.1, -0.05) is 30.3 Å². The highest BCUT2D eigenvalue weighted by Crippen LogP contribution is 2.54. The summed E-state index contributed by atoms with van der Waals surface area (Å²) in [6, 6.07) is 11.4. The largest absolute Gasteiger partial charge is 0.481 e. The number of benzene rings is 1. The molecule has 0 aromatic heterocycles. The molecule has 1 aromatic rings. The third kappa shape index (κ3) is 3.33. The predicted molar refractivity (Wildman–Crippen MR) is 106 cm³/mol. The maximum absolute atomic E-state index is 12.2. The molecule has 146 valence electrons. The average molecular weight is 368 g/mol. The Morgan fingerprint density at radius 1 is 0.963 bits per heavy atom. The van der Waals surface area contributed by atoms with E-state index in [4.69, 9.17) is 0 Å². The van der Waals surface area contributed by atoms with Gasteiger partial charge in [0.25, 0.3) is 0 Å². The lowest BCUT2D eigenvalue weighted by molar-refractivity contribution is -0.151. The van der Waals surface area contributed by atoms with Crippen molar-refractivity contribution in [1.82, 2.24) is 5.32 Å². The van der Waals surface area contributed by atoms with E-state index < -0.39 is 11.4 Å². The summed E-state index contributed by atoms with van der Waals surface area (Å²) in [4.78, 5) is 12.2. The SMILES string of the molecule is O=C(O)C1(Cc2ccccc2)CCC(NC2C3CC4CC(C3)CC2C4)CC1. The molecule has 5 aliphatic carbocycles. The summed E-state index contributed by atoms with van der Waals surface area (Å²) in [5.41, 5.74) is 0.594. The van der Waals surface area contributed by atoms with E-state index in [0.717, 1.165) is 54.9 Å². The number of hydrogen-bond acceptors (Lipinski definition) is 2. The van der Waals surface area contributed by atoms with Crippen molar-refractivity contribution < 1.29 is 9.90 Å². The molecule has 0 heterocycles. The smallest absolute Gasteiger partial charge is 0.309 e. The highest BCUT2D eigenvalue weighted by molar-refractivity contribution is 5.75. The van der Waals surface area contributed by atoms with Gasteiger partial charge in [0.15, 0.2) is 0 Å². The van der Waals surface area contributed by atoms with Crippen molar-refractivity contribution >= 4 is 5.97 Å². The standard InChI is InChI=1S/C24H33NO2/c26-23(27)24(15-16-4-2-1-3-5-16)8-6-21(7-9-24)25-22-19-11-17-10-18(13-19)14-20(22)12-17/h1-5,17-22,25H,6-15H2,(H,26,27). The first kappa shape index (κ1) is 17.7. The fourth-order valence-corrected chi connectivity index (χ4v) is 7.26. The molecule has 3 heteroatoms. The summed E-state index contributed by atoms with van der Waals surface area (Å²) in [7, 11) is 0. The highest BCUT2D eigenvalue weighted by Gasteiger charge is 2.49. The van der Waals surface area contributed by atoms with Gasteiger partial charge in [-0.3, -0.25) is 4.79 Å². The number of hydrogen-bond donors (Lipinski definition) is 2. The third-order valence-corrected chi connectivity index (χ3v) is 8.44. The van der Waals surface area contributed by atoms with Crippen LogP contribution in [0.3, 0.4) is 0 Å². The number of rotatable bonds is 5. The lowest BCUT2D eigenvalue weighted by atomic mass is 9.54. The second-order valence-electron chi connectivity index (χ2n) is 10.1. The summed E-state index contributed by atoms with van der Waals surface area (Å²) >= 11 is 0. The van der Waals surface area contributed by atoms with Crippen LogP contribution in [-0.2, 0) is 11.2 Å². The number of aliphatic carboxylic acids is 1. The quantitative estimate of drug-likeness (QED) is 0.796. The Bertz CT molecular complexity index is 649. The van der Waals surface area contributed by atoms with Gasteiger partial charge in [0.1, 0.15) is 0 Å². The van der Waals surface area contributed by atoms with E-state index in [2.05, 4.69) is 17.4 Å². The topological polar surface area (TPSA) is 49.3 Å². The Morgan fingerprint density at radius 2 is 1.56 bits per heavy atom. The van der Waals surface area contributed by atoms with E-state index in [1.807, 2.05) is 18.2 Å². The minimum Gasteiger partial charge on any atom is -0.481 e. The first-order chi connectivity index (χ1) is 13.1. The fraction of sp³-hybridized carbons (Fsp3) is 0.708. The van der Waals surface area contributed by atoms with E-state index in [1.54, 1.807) is 0 Å². The second-order valence-corrected chi connectivity index (χ2v) is 10.1. The number of carbonyl (C=O) groups is 1. The monoisotopic (exact) mass is 367 g/mol. The van der Waals surface area contributed by atoms with Crippen LogP contribution in [0.5, 0.6) is 0 Å². The molecule has 0 atom stereocenters. The Kier molecular flexibility index (Phi) is 4.54. The van der Waals surface area contributed by atoms with Gasteiger partial charge in [0, 0.05) is 12.1 Å². The summed E-state index contributed by atoms with van der Waals surface area (Å²) in [5, 5.41) is 14.1. The van der Waals surface area contributed by atoms with Crippen molar-refractivity contribution in [3.05, 3.63) is 35.9 Å². The number of nitrogens with one attached hydrogen (secondary N) is 1. The van der Waals surface area contributed by atoms with Gasteiger partial charge >= 0.3 is 5.97 Å². The molecule has 3 nitrogen and oxygen atoms in total. The van der Waals surface area contributed by atoms with Crippen LogP contribution in [0.2, 0.25) is 0 Å². The fourth-order valence-electron chi connectivity index (χ4n) is 7.26. The van der Waals surface area contributed by atoms with Gasteiger partial charge in [-0.05, 0) is 93.4 Å². The van der Waals surface area contributed by atoms with Gasteiger partial charge in [0.2, 0.25) is 0 Å². The zero-order chi connectivity index (χ0) is 18.4. The van der Waals surface area contributed by atoms with Gasteiger partial charge in [-0.2, -0.15) is 0 Å². The summed E-state index contributed by atoms with van der Waals surface area (Å²) < 4.78 is 0. The normalized spacial score (nSPS) is 43.0. The Balaban J connectivity index is 1.22. The number of carboxylic acids is 1. The molecule has 5 aliphatic rings. The van der Waals surface area contributed by atoms with Gasteiger partial charge in [-0.15, -0.1) is 0 Å². The summed E-state index contributed by atoms with van der Waals surface area (Å²) in [6.45, 7) is 0. The van der Waals surface area contributed by atoms with Crippen LogP contribution in [0.15, 0.2) is 30.3 Å². The minimum atomic E-state index is -0.598. The molecule has 5 saturated carbocycles. The predicted octanol–water partition coefficient (Wildman–Crippen LogP) is 4.66. The van der Waals surface area contributed by atoms with Crippen molar-refractivity contribution in [2.75, 3.05) is 0 Å². The van der Waals surface area contributed by atoms with Crippen LogP contribution in [0.1, 0.15) is 63.4 Å². The molecular formula is C24H33NO2. The van der Waals surface area contributed by atoms with Gasteiger partial charge in [0.05, 0.1) is 5.41 Å². The molecule has 2 N–H and O–H groups in total. The molecule has 5 fully saturated rings. The van der Waals surface area contributed by atoms with Crippen LogP contribution in [0, 0.1) is 29.1 Å². The number of carboxylic acid groups (broad SMARTS) is 1. The van der Waals surface area contributed by atoms with Crippen LogP contribution in [0.4, 0.5) is 0 Å². The molecular weight excluding hydrogens is 334 g/mol. The Hall–Kier alpha value is -1.35. The molecule has 4 bridgehead atoms. The first-order valence-electron chi connectivity index (χ1n) is 11.1. The van der Waals surface area contributed by atoms with Crippen molar-refractivity contribution in [2.45, 2.75) is 76.3 Å². The average Bonchev–Trinajstić information content (AvgIpc) is 2.66. The first-order valence-corrected chi connectivity index (χ1v) is 11.1. The maximum atomic E-state index is 12.2. The van der Waals surface area contributed by atoms with E-state index in [0.29, 0.717) is 18.5 Å². The van der Waals surface area contributed by atoms with Crippen LogP contribution in [-0.4, -0.2) is 23.2 Å². The van der Waals surface area contributed by atoms with E-state index in [-0.39, 0.29) is 0 Å². The molecule has 6 rings (SSSR count). The van der Waals surface area contributed by atoms with E-state index in [1.165, 1.54) is 32.1 Å². The molecule has 0 amide bonds. The zero-order valence-corrected chi connectivity index (χ0v) is 16.3. The minimum absolute atomic E-state index is 0.524. The molecule has 0 aliphatic heterocycles. The molecule has 0 spiro atoms. The van der Waals surface area contributed by atoms with Crippen molar-refractivity contribution in [3.63, 3.8) is 0 Å². The maximum Gasteiger partial charge on any atom is 0.309 e. The molecule has 0 unspecified atom stereocenters. The molecule has 0 radical (unpaired) electrons. The van der Waals surface area contributed by atoms with E-state index >= 15 is 0 Å². The van der Waals surface area contributed by atoms with Gasteiger partial charge in [-0.25, -0.2) is 0 Å². The van der Waals surface area contributed by atoms with Crippen molar-refractivity contribution in [2.24, 2.45) is 29.1 Å². The van der Waals surface area contributed by atoms with Crippen molar-refractivity contribution in [1.29, 1.82) is 0 Å². The third-order valence-electron chi connectivity index (χ3n) is 8.44. The molecule has 27 heavy (non-hydrogen) atoms. The lowest BCUT2D eigenvalue weighted by Crippen LogP contribution is -2.57. The van der Waals surface area contributed by atoms with Crippen molar-refractivity contribution in [3.8, 4) is 0 Å². The molecule has 0 saturated heterocycles.